The van der Waals surface area contributed by atoms with Gasteiger partial charge in [-0.05, 0) is 29.2 Å². The van der Waals surface area contributed by atoms with E-state index in [9.17, 15) is 4.79 Å². The zero-order valence-corrected chi connectivity index (χ0v) is 15.8. The van der Waals surface area contributed by atoms with Gasteiger partial charge in [-0.3, -0.25) is 4.79 Å². The van der Waals surface area contributed by atoms with Crippen LogP contribution >= 0.6 is 11.6 Å². The number of hydrogen-bond donors (Lipinski definition) is 0. The highest BCUT2D eigenvalue weighted by molar-refractivity contribution is 6.29. The second-order valence-electron chi connectivity index (χ2n) is 7.42. The van der Waals surface area contributed by atoms with Crippen molar-refractivity contribution < 1.29 is 4.79 Å². The Hall–Kier alpha value is -2.07. The molecule has 1 fully saturated rings. The maximum Gasteiger partial charge on any atom is 0.255 e. The predicted octanol–water partition coefficient (Wildman–Crippen LogP) is 3.99. The SMILES string of the molecule is CC(C)(C)c1ccccc1N1CCN(C(=O)c2ccc(Cl)nc2)CC1. The van der Waals surface area contributed by atoms with Crippen LogP contribution < -0.4 is 4.90 Å². The van der Waals surface area contributed by atoms with Crippen LogP contribution in [0.2, 0.25) is 5.15 Å². The molecule has 0 N–H and O–H groups in total. The van der Waals surface area contributed by atoms with Gasteiger partial charge >= 0.3 is 0 Å². The van der Waals surface area contributed by atoms with Crippen LogP contribution in [0.25, 0.3) is 0 Å². The van der Waals surface area contributed by atoms with Crippen LogP contribution in [0.1, 0.15) is 36.7 Å². The molecule has 1 aliphatic rings. The molecule has 1 saturated heterocycles. The summed E-state index contributed by atoms with van der Waals surface area (Å²) in [5.41, 5.74) is 3.30. The average molecular weight is 358 g/mol. The van der Waals surface area contributed by atoms with Gasteiger partial charge in [0.05, 0.1) is 5.56 Å². The van der Waals surface area contributed by atoms with Gasteiger partial charge in [0, 0.05) is 38.1 Å². The lowest BCUT2D eigenvalue weighted by Gasteiger charge is -2.38. The van der Waals surface area contributed by atoms with Gasteiger partial charge in [-0.15, -0.1) is 0 Å². The van der Waals surface area contributed by atoms with Gasteiger partial charge in [0.15, 0.2) is 0 Å². The second-order valence-corrected chi connectivity index (χ2v) is 7.80. The molecule has 132 valence electrons. The molecule has 25 heavy (non-hydrogen) atoms. The van der Waals surface area contributed by atoms with E-state index in [0.29, 0.717) is 23.8 Å². The molecule has 0 spiro atoms. The van der Waals surface area contributed by atoms with Crippen molar-refractivity contribution in [2.45, 2.75) is 26.2 Å². The Morgan fingerprint density at radius 3 is 2.32 bits per heavy atom. The van der Waals surface area contributed by atoms with Crippen molar-refractivity contribution in [3.05, 3.63) is 58.9 Å². The minimum Gasteiger partial charge on any atom is -0.368 e. The molecular weight excluding hydrogens is 334 g/mol. The quantitative estimate of drug-likeness (QED) is 0.762. The number of nitrogens with zero attached hydrogens (tertiary/aromatic N) is 3. The minimum absolute atomic E-state index is 0.0212. The highest BCUT2D eigenvalue weighted by atomic mass is 35.5. The molecule has 2 aromatic rings. The normalized spacial score (nSPS) is 15.4. The molecule has 0 bridgehead atoms. The van der Waals surface area contributed by atoms with E-state index in [1.807, 2.05) is 4.90 Å². The molecule has 0 radical (unpaired) electrons. The number of carbonyl (C=O) groups excluding carboxylic acids is 1. The highest BCUT2D eigenvalue weighted by Gasteiger charge is 2.26. The van der Waals surface area contributed by atoms with Crippen molar-refractivity contribution >= 4 is 23.2 Å². The van der Waals surface area contributed by atoms with E-state index in [4.69, 9.17) is 11.6 Å². The van der Waals surface area contributed by atoms with Crippen LogP contribution in [0.15, 0.2) is 42.6 Å². The fourth-order valence-electron chi connectivity index (χ4n) is 3.22. The lowest BCUT2D eigenvalue weighted by atomic mass is 9.85. The van der Waals surface area contributed by atoms with Crippen LogP contribution in [0, 0.1) is 0 Å². The number of halogens is 1. The lowest BCUT2D eigenvalue weighted by molar-refractivity contribution is 0.0746. The van der Waals surface area contributed by atoms with E-state index in [2.05, 4.69) is 54.9 Å². The van der Waals surface area contributed by atoms with E-state index in [0.717, 1.165) is 13.1 Å². The standard InChI is InChI=1S/C20H24ClN3O/c1-20(2,3)16-6-4-5-7-17(16)23-10-12-24(13-11-23)19(25)15-8-9-18(21)22-14-15/h4-9,14H,10-13H2,1-3H3. The van der Waals surface area contributed by atoms with Crippen LogP contribution in [0.3, 0.4) is 0 Å². The van der Waals surface area contributed by atoms with E-state index in [1.165, 1.54) is 11.3 Å². The number of carbonyl (C=O) groups is 1. The number of anilines is 1. The van der Waals surface area contributed by atoms with Crippen molar-refractivity contribution in [1.29, 1.82) is 0 Å². The number of piperazine rings is 1. The van der Waals surface area contributed by atoms with Gasteiger partial charge in [0.2, 0.25) is 0 Å². The number of aromatic nitrogens is 1. The lowest BCUT2D eigenvalue weighted by Crippen LogP contribution is -2.49. The van der Waals surface area contributed by atoms with Crippen molar-refractivity contribution in [3.63, 3.8) is 0 Å². The fraction of sp³-hybridized carbons (Fsp3) is 0.400. The molecule has 4 nitrogen and oxygen atoms in total. The summed E-state index contributed by atoms with van der Waals surface area (Å²) >= 11 is 5.80. The fourth-order valence-corrected chi connectivity index (χ4v) is 3.33. The number of pyridine rings is 1. The summed E-state index contributed by atoms with van der Waals surface area (Å²) in [5.74, 6) is 0.0212. The molecule has 3 rings (SSSR count). The van der Waals surface area contributed by atoms with Gasteiger partial charge in [0.1, 0.15) is 5.15 Å². The van der Waals surface area contributed by atoms with Crippen molar-refractivity contribution in [3.8, 4) is 0 Å². The van der Waals surface area contributed by atoms with Crippen molar-refractivity contribution in [1.82, 2.24) is 9.88 Å². The summed E-state index contributed by atoms with van der Waals surface area (Å²) in [7, 11) is 0. The number of para-hydroxylation sites is 1. The maximum absolute atomic E-state index is 12.6. The average Bonchev–Trinajstić information content (AvgIpc) is 2.61. The predicted molar refractivity (Wildman–Crippen MR) is 103 cm³/mol. The first-order valence-corrected chi connectivity index (χ1v) is 8.99. The number of amides is 1. The number of rotatable bonds is 2. The Morgan fingerprint density at radius 1 is 1.04 bits per heavy atom. The topological polar surface area (TPSA) is 36.4 Å². The van der Waals surface area contributed by atoms with Gasteiger partial charge in [-0.1, -0.05) is 50.6 Å². The molecule has 1 aromatic carbocycles. The summed E-state index contributed by atoms with van der Waals surface area (Å²) < 4.78 is 0. The molecule has 1 aliphatic heterocycles. The molecule has 0 aliphatic carbocycles. The van der Waals surface area contributed by atoms with Crippen LogP contribution in [0.5, 0.6) is 0 Å². The molecule has 2 heterocycles. The first-order chi connectivity index (χ1) is 11.9. The first-order valence-electron chi connectivity index (χ1n) is 8.61. The summed E-state index contributed by atoms with van der Waals surface area (Å²) in [4.78, 5) is 20.9. The Morgan fingerprint density at radius 2 is 1.72 bits per heavy atom. The highest BCUT2D eigenvalue weighted by Crippen LogP contribution is 2.32. The van der Waals surface area contributed by atoms with E-state index in [-0.39, 0.29) is 11.3 Å². The van der Waals surface area contributed by atoms with Crippen LogP contribution in [-0.4, -0.2) is 42.0 Å². The second kappa shape index (κ2) is 7.04. The summed E-state index contributed by atoms with van der Waals surface area (Å²) in [6, 6.07) is 12.0. The molecule has 5 heteroatoms. The number of benzene rings is 1. The third-order valence-electron chi connectivity index (χ3n) is 4.59. The van der Waals surface area contributed by atoms with E-state index < -0.39 is 0 Å². The summed E-state index contributed by atoms with van der Waals surface area (Å²) in [5, 5.41) is 0.403. The van der Waals surface area contributed by atoms with Crippen molar-refractivity contribution in [2.75, 3.05) is 31.1 Å². The Labute approximate surface area is 154 Å². The van der Waals surface area contributed by atoms with Crippen molar-refractivity contribution in [2.24, 2.45) is 0 Å². The molecule has 1 amide bonds. The van der Waals surface area contributed by atoms with E-state index >= 15 is 0 Å². The summed E-state index contributed by atoms with van der Waals surface area (Å²) in [6.45, 7) is 9.79. The monoisotopic (exact) mass is 357 g/mol. The zero-order chi connectivity index (χ0) is 18.0. The zero-order valence-electron chi connectivity index (χ0n) is 15.0. The maximum atomic E-state index is 12.6. The van der Waals surface area contributed by atoms with Gasteiger partial charge in [-0.25, -0.2) is 4.98 Å². The third kappa shape index (κ3) is 3.96. The number of hydrogen-bond acceptors (Lipinski definition) is 3. The van der Waals surface area contributed by atoms with Gasteiger partial charge in [0.25, 0.3) is 5.91 Å². The largest absolute Gasteiger partial charge is 0.368 e. The first kappa shape index (κ1) is 17.7. The molecule has 1 aromatic heterocycles. The minimum atomic E-state index is 0.0212. The Kier molecular flexibility index (Phi) is 5.00. The van der Waals surface area contributed by atoms with Gasteiger partial charge in [-0.2, -0.15) is 0 Å². The van der Waals surface area contributed by atoms with Crippen LogP contribution in [0.4, 0.5) is 5.69 Å². The summed E-state index contributed by atoms with van der Waals surface area (Å²) in [6.07, 6.45) is 1.55. The molecular formula is C20H24ClN3O. The third-order valence-corrected chi connectivity index (χ3v) is 4.82. The molecule has 0 saturated carbocycles. The molecule has 0 unspecified atom stereocenters. The molecule has 0 atom stereocenters. The van der Waals surface area contributed by atoms with Gasteiger partial charge < -0.3 is 9.80 Å². The van der Waals surface area contributed by atoms with Crippen LogP contribution in [-0.2, 0) is 5.41 Å². The smallest absolute Gasteiger partial charge is 0.255 e. The Bertz CT molecular complexity index is 744. The Balaban J connectivity index is 1.70. The van der Waals surface area contributed by atoms with E-state index in [1.54, 1.807) is 18.3 Å².